The normalized spacial score (nSPS) is 14.8. The van der Waals surface area contributed by atoms with E-state index in [1.165, 1.54) is 22.6 Å². The van der Waals surface area contributed by atoms with Crippen molar-refractivity contribution in [2.45, 2.75) is 11.4 Å². The molecule has 11 nitrogen and oxygen atoms in total. The van der Waals surface area contributed by atoms with Crippen LogP contribution < -0.4 is 15.8 Å². The van der Waals surface area contributed by atoms with Crippen LogP contribution >= 0.6 is 12.4 Å². The summed E-state index contributed by atoms with van der Waals surface area (Å²) in [6, 6.07) is 10.2. The third-order valence-electron chi connectivity index (χ3n) is 5.51. The number of amides is 1. The second-order valence-corrected chi connectivity index (χ2v) is 9.85. The lowest BCUT2D eigenvalue weighted by atomic mass is 10.2. The Kier molecular flexibility index (Phi) is 8.67. The third-order valence-corrected chi connectivity index (χ3v) is 7.42. The van der Waals surface area contributed by atoms with E-state index in [0.29, 0.717) is 50.5 Å². The number of benzene rings is 1. The molecule has 1 saturated heterocycles. The van der Waals surface area contributed by atoms with Crippen molar-refractivity contribution >= 4 is 34.3 Å². The first-order chi connectivity index (χ1) is 16.3. The molecule has 1 aromatic carbocycles. The van der Waals surface area contributed by atoms with Crippen LogP contribution in [0.15, 0.2) is 59.9 Å². The van der Waals surface area contributed by atoms with Gasteiger partial charge in [0.1, 0.15) is 0 Å². The fraction of sp³-hybridized carbons (Fsp3) is 0.318. The van der Waals surface area contributed by atoms with Crippen molar-refractivity contribution < 1.29 is 17.9 Å². The van der Waals surface area contributed by atoms with E-state index in [1.54, 1.807) is 12.1 Å². The molecule has 3 aromatic rings. The SMILES string of the molecule is CN1CCN(S(=O)(=O)c2ccc(-c3cnc(N)c(OC(=O)NCCn4cccc4)n3)cc2)CC1.Cl. The minimum absolute atomic E-state index is 0. The van der Waals surface area contributed by atoms with E-state index in [2.05, 4.69) is 20.2 Å². The molecule has 4 rings (SSSR count). The van der Waals surface area contributed by atoms with Gasteiger partial charge in [-0.05, 0) is 31.3 Å². The molecule has 1 amide bonds. The second kappa shape index (κ2) is 11.5. The Balaban J connectivity index is 0.00000342. The van der Waals surface area contributed by atoms with Crippen LogP contribution in [-0.4, -0.2) is 78.0 Å². The highest BCUT2D eigenvalue weighted by Crippen LogP contribution is 2.25. The van der Waals surface area contributed by atoms with Crippen molar-refractivity contribution in [2.75, 3.05) is 45.5 Å². The number of nitrogens with zero attached hydrogens (tertiary/aromatic N) is 5. The van der Waals surface area contributed by atoms with Crippen molar-refractivity contribution in [3.05, 3.63) is 55.0 Å². The molecule has 0 radical (unpaired) electrons. The minimum Gasteiger partial charge on any atom is -0.387 e. The Bertz CT molecular complexity index is 1230. The smallest absolute Gasteiger partial charge is 0.387 e. The lowest BCUT2D eigenvalue weighted by Gasteiger charge is -2.31. The molecule has 0 aliphatic carbocycles. The number of rotatable bonds is 7. The van der Waals surface area contributed by atoms with Gasteiger partial charge >= 0.3 is 6.09 Å². The maximum atomic E-state index is 12.9. The predicted molar refractivity (Wildman–Crippen MR) is 134 cm³/mol. The summed E-state index contributed by atoms with van der Waals surface area (Å²) in [6.07, 6.45) is 4.53. The van der Waals surface area contributed by atoms with E-state index in [0.717, 1.165) is 0 Å². The molecule has 1 aliphatic rings. The Labute approximate surface area is 210 Å². The lowest BCUT2D eigenvalue weighted by molar-refractivity contribution is 0.198. The van der Waals surface area contributed by atoms with Gasteiger partial charge in [-0.1, -0.05) is 12.1 Å². The highest BCUT2D eigenvalue weighted by molar-refractivity contribution is 7.89. The van der Waals surface area contributed by atoms with Crippen LogP contribution in [0.2, 0.25) is 0 Å². The van der Waals surface area contributed by atoms with Gasteiger partial charge in [0.15, 0.2) is 5.82 Å². The zero-order valence-corrected chi connectivity index (χ0v) is 20.8. The first kappa shape index (κ1) is 26.4. The van der Waals surface area contributed by atoms with Crippen LogP contribution in [0.3, 0.4) is 0 Å². The summed E-state index contributed by atoms with van der Waals surface area (Å²) in [4.78, 5) is 22.8. The van der Waals surface area contributed by atoms with Gasteiger partial charge in [-0.2, -0.15) is 4.31 Å². The molecule has 1 aliphatic heterocycles. The van der Waals surface area contributed by atoms with Crippen LogP contribution in [0, 0.1) is 0 Å². The van der Waals surface area contributed by atoms with Crippen molar-refractivity contribution in [1.82, 2.24) is 29.1 Å². The maximum absolute atomic E-state index is 12.9. The van der Waals surface area contributed by atoms with Gasteiger partial charge in [0, 0.05) is 57.2 Å². The van der Waals surface area contributed by atoms with Gasteiger partial charge in [-0.25, -0.2) is 23.2 Å². The first-order valence-corrected chi connectivity index (χ1v) is 12.2. The Hall–Kier alpha value is -3.19. The fourth-order valence-electron chi connectivity index (χ4n) is 3.50. The molecule has 0 saturated carbocycles. The number of carbonyl (C=O) groups excluding carboxylic acids is 1. The molecule has 0 spiro atoms. The van der Waals surface area contributed by atoms with Crippen molar-refractivity contribution in [2.24, 2.45) is 0 Å². The molecular formula is C22H28ClN7O4S. The Morgan fingerprint density at radius 3 is 2.43 bits per heavy atom. The molecule has 3 heterocycles. The number of ether oxygens (including phenoxy) is 1. The summed E-state index contributed by atoms with van der Waals surface area (Å²) in [6.45, 7) is 3.26. The first-order valence-electron chi connectivity index (χ1n) is 10.8. The number of halogens is 1. The maximum Gasteiger partial charge on any atom is 0.414 e. The summed E-state index contributed by atoms with van der Waals surface area (Å²) in [5, 5.41) is 2.63. The van der Waals surface area contributed by atoms with E-state index >= 15 is 0 Å². The lowest BCUT2D eigenvalue weighted by Crippen LogP contribution is -2.46. The number of likely N-dealkylation sites (N-methyl/N-ethyl adjacent to an activating group) is 1. The topological polar surface area (TPSA) is 136 Å². The Morgan fingerprint density at radius 1 is 1.11 bits per heavy atom. The van der Waals surface area contributed by atoms with Crippen molar-refractivity contribution in [1.29, 1.82) is 0 Å². The van der Waals surface area contributed by atoms with Gasteiger partial charge in [-0.15, -0.1) is 12.4 Å². The Morgan fingerprint density at radius 2 is 1.77 bits per heavy atom. The van der Waals surface area contributed by atoms with E-state index in [1.807, 2.05) is 36.1 Å². The highest BCUT2D eigenvalue weighted by Gasteiger charge is 2.27. The fourth-order valence-corrected chi connectivity index (χ4v) is 4.92. The largest absolute Gasteiger partial charge is 0.414 e. The third kappa shape index (κ3) is 6.48. The molecule has 3 N–H and O–H groups in total. The summed E-state index contributed by atoms with van der Waals surface area (Å²) in [5.41, 5.74) is 6.83. The van der Waals surface area contributed by atoms with Gasteiger partial charge in [0.25, 0.3) is 5.88 Å². The predicted octanol–water partition coefficient (Wildman–Crippen LogP) is 1.67. The molecule has 0 atom stereocenters. The molecule has 0 bridgehead atoms. The van der Waals surface area contributed by atoms with Crippen molar-refractivity contribution in [3.63, 3.8) is 0 Å². The van der Waals surface area contributed by atoms with E-state index in [9.17, 15) is 13.2 Å². The highest BCUT2D eigenvalue weighted by atomic mass is 35.5. The monoisotopic (exact) mass is 521 g/mol. The minimum atomic E-state index is -3.57. The van der Waals surface area contributed by atoms with Crippen LogP contribution in [0.4, 0.5) is 10.6 Å². The molecule has 13 heteroatoms. The van der Waals surface area contributed by atoms with Crippen molar-refractivity contribution in [3.8, 4) is 17.1 Å². The quantitative estimate of drug-likeness (QED) is 0.479. The summed E-state index contributed by atoms with van der Waals surface area (Å²) < 4.78 is 34.5. The number of nitrogens with two attached hydrogens (primary N) is 1. The molecule has 2 aromatic heterocycles. The summed E-state index contributed by atoms with van der Waals surface area (Å²) >= 11 is 0. The summed E-state index contributed by atoms with van der Waals surface area (Å²) in [5.74, 6) is -0.149. The van der Waals surface area contributed by atoms with E-state index in [-0.39, 0.29) is 29.0 Å². The second-order valence-electron chi connectivity index (χ2n) is 7.91. The number of aromatic nitrogens is 3. The molecular weight excluding hydrogens is 494 g/mol. The zero-order chi connectivity index (χ0) is 24.1. The van der Waals surface area contributed by atoms with Crippen LogP contribution in [-0.2, 0) is 16.6 Å². The number of hydrogen-bond acceptors (Lipinski definition) is 8. The number of nitrogen functional groups attached to an aromatic ring is 1. The van der Waals surface area contributed by atoms with Crippen LogP contribution in [0.5, 0.6) is 5.88 Å². The molecule has 35 heavy (non-hydrogen) atoms. The molecule has 1 fully saturated rings. The number of carbonyl (C=O) groups is 1. The van der Waals surface area contributed by atoms with Gasteiger partial charge < -0.3 is 25.3 Å². The number of sulfonamides is 1. The number of nitrogens with one attached hydrogen (secondary N) is 1. The average molecular weight is 522 g/mol. The molecule has 188 valence electrons. The average Bonchev–Trinajstić information content (AvgIpc) is 3.34. The summed E-state index contributed by atoms with van der Waals surface area (Å²) in [7, 11) is -1.60. The van der Waals surface area contributed by atoms with E-state index < -0.39 is 16.1 Å². The van der Waals surface area contributed by atoms with Gasteiger partial charge in [-0.3, -0.25) is 0 Å². The van der Waals surface area contributed by atoms with Gasteiger partial charge in [0.05, 0.1) is 16.8 Å². The standard InChI is InChI=1S/C22H27N7O4S.ClH/c1-27-12-14-29(15-13-27)34(31,32)18-6-4-17(5-7-18)19-16-25-20(23)21(26-19)33-22(30)24-8-11-28-9-2-3-10-28;/h2-7,9-10,16H,8,11-15H2,1H3,(H2,23,25)(H,24,30);1H. The van der Waals surface area contributed by atoms with Crippen LogP contribution in [0.25, 0.3) is 11.3 Å². The van der Waals surface area contributed by atoms with Crippen LogP contribution in [0.1, 0.15) is 0 Å². The number of anilines is 1. The zero-order valence-electron chi connectivity index (χ0n) is 19.2. The number of hydrogen-bond donors (Lipinski definition) is 2. The molecule has 0 unspecified atom stereocenters. The van der Waals surface area contributed by atoms with Gasteiger partial charge in [0.2, 0.25) is 10.0 Å². The van der Waals surface area contributed by atoms with E-state index in [4.69, 9.17) is 10.5 Å². The number of piperazine rings is 1.